The molecule has 0 atom stereocenters. The number of alkyl halides is 2. The van der Waals surface area contributed by atoms with Crippen molar-refractivity contribution in [3.05, 3.63) is 29.3 Å². The van der Waals surface area contributed by atoms with Crippen LogP contribution in [0.5, 0.6) is 0 Å². The minimum Gasteiger partial charge on any atom is -0.477 e. The van der Waals surface area contributed by atoms with Crippen molar-refractivity contribution in [3.8, 4) is 0 Å². The van der Waals surface area contributed by atoms with E-state index in [1.165, 1.54) is 17.0 Å². The van der Waals surface area contributed by atoms with Crippen LogP contribution in [0.4, 0.5) is 14.5 Å². The van der Waals surface area contributed by atoms with E-state index in [0.717, 1.165) is 0 Å². The molecule has 0 fully saturated rings. The SMILES string of the molecule is CN1C(=O)Cc2cc(CC(F)(F)C(=O)O)ccc21. The van der Waals surface area contributed by atoms with Crippen LogP contribution in [0.15, 0.2) is 18.2 Å². The van der Waals surface area contributed by atoms with Gasteiger partial charge in [0, 0.05) is 19.2 Å². The average molecular weight is 255 g/mol. The lowest BCUT2D eigenvalue weighted by molar-refractivity contribution is -0.164. The van der Waals surface area contributed by atoms with Gasteiger partial charge < -0.3 is 10.0 Å². The summed E-state index contributed by atoms with van der Waals surface area (Å²) in [6.45, 7) is 0. The molecule has 1 aromatic carbocycles. The Balaban J connectivity index is 2.27. The van der Waals surface area contributed by atoms with Crippen LogP contribution < -0.4 is 4.90 Å². The van der Waals surface area contributed by atoms with Gasteiger partial charge in [-0.25, -0.2) is 4.79 Å². The highest BCUT2D eigenvalue weighted by atomic mass is 19.3. The van der Waals surface area contributed by atoms with Crippen LogP contribution >= 0.6 is 0 Å². The van der Waals surface area contributed by atoms with Crippen LogP contribution in [0.3, 0.4) is 0 Å². The first-order valence-corrected chi connectivity index (χ1v) is 5.31. The average Bonchev–Trinajstić information content (AvgIpc) is 2.53. The molecule has 2 rings (SSSR count). The number of aliphatic carboxylic acids is 1. The number of carboxylic acids is 1. The van der Waals surface area contributed by atoms with Gasteiger partial charge in [-0.1, -0.05) is 12.1 Å². The first kappa shape index (κ1) is 12.5. The lowest BCUT2D eigenvalue weighted by atomic mass is 10.0. The van der Waals surface area contributed by atoms with E-state index in [2.05, 4.69) is 0 Å². The van der Waals surface area contributed by atoms with Crippen molar-refractivity contribution in [1.82, 2.24) is 0 Å². The standard InChI is InChI=1S/C12H11F2NO3/c1-15-9-3-2-7(4-8(9)5-10(15)16)6-12(13,14)11(17)18/h2-4H,5-6H2,1H3,(H,17,18). The van der Waals surface area contributed by atoms with E-state index in [9.17, 15) is 18.4 Å². The predicted octanol–water partition coefficient (Wildman–Crippen LogP) is 1.47. The highest BCUT2D eigenvalue weighted by Gasteiger charge is 2.39. The van der Waals surface area contributed by atoms with Crippen LogP contribution in [0.2, 0.25) is 0 Å². The number of benzene rings is 1. The Morgan fingerprint density at radius 2 is 2.17 bits per heavy atom. The molecule has 6 heteroatoms. The van der Waals surface area contributed by atoms with Gasteiger partial charge in [0.15, 0.2) is 0 Å². The number of hydrogen-bond acceptors (Lipinski definition) is 2. The van der Waals surface area contributed by atoms with E-state index in [-0.39, 0.29) is 17.9 Å². The zero-order valence-electron chi connectivity index (χ0n) is 9.61. The minimum absolute atomic E-state index is 0.104. The second-order valence-corrected chi connectivity index (χ2v) is 4.28. The van der Waals surface area contributed by atoms with E-state index in [1.54, 1.807) is 13.1 Å². The van der Waals surface area contributed by atoms with Crippen molar-refractivity contribution in [1.29, 1.82) is 0 Å². The molecule has 0 bridgehead atoms. The summed E-state index contributed by atoms with van der Waals surface area (Å²) in [6, 6.07) is 4.45. The molecule has 0 unspecified atom stereocenters. The summed E-state index contributed by atoms with van der Waals surface area (Å²) in [4.78, 5) is 23.2. The van der Waals surface area contributed by atoms with Crippen molar-refractivity contribution < 1.29 is 23.5 Å². The van der Waals surface area contributed by atoms with E-state index < -0.39 is 18.3 Å². The number of nitrogens with zero attached hydrogens (tertiary/aromatic N) is 1. The maximum atomic E-state index is 13.1. The fourth-order valence-corrected chi connectivity index (χ4v) is 1.97. The zero-order valence-corrected chi connectivity index (χ0v) is 9.61. The summed E-state index contributed by atoms with van der Waals surface area (Å²) in [7, 11) is 1.61. The Bertz CT molecular complexity index is 528. The van der Waals surface area contributed by atoms with Crippen LogP contribution in [0, 0.1) is 0 Å². The van der Waals surface area contributed by atoms with Gasteiger partial charge in [0.2, 0.25) is 5.91 Å². The van der Waals surface area contributed by atoms with Gasteiger partial charge in [0.05, 0.1) is 6.42 Å². The molecular weight excluding hydrogens is 244 g/mol. The molecule has 0 aromatic heterocycles. The molecule has 1 aliphatic rings. The molecule has 0 saturated carbocycles. The maximum Gasteiger partial charge on any atom is 0.374 e. The number of anilines is 1. The first-order chi connectivity index (χ1) is 8.31. The van der Waals surface area contributed by atoms with Gasteiger partial charge in [0.25, 0.3) is 0 Å². The minimum atomic E-state index is -3.79. The predicted molar refractivity (Wildman–Crippen MR) is 59.8 cm³/mol. The summed E-state index contributed by atoms with van der Waals surface area (Å²) in [5.41, 5.74) is 1.55. The third-order valence-electron chi connectivity index (χ3n) is 2.96. The second-order valence-electron chi connectivity index (χ2n) is 4.28. The summed E-state index contributed by atoms with van der Waals surface area (Å²) in [5, 5.41) is 8.37. The molecule has 1 amide bonds. The number of carbonyl (C=O) groups excluding carboxylic acids is 1. The Labute approximate surface area is 102 Å². The first-order valence-electron chi connectivity index (χ1n) is 5.31. The van der Waals surface area contributed by atoms with Crippen molar-refractivity contribution in [3.63, 3.8) is 0 Å². The van der Waals surface area contributed by atoms with E-state index in [4.69, 9.17) is 5.11 Å². The van der Waals surface area contributed by atoms with Crippen LogP contribution in [0.1, 0.15) is 11.1 Å². The third kappa shape index (κ3) is 2.05. The van der Waals surface area contributed by atoms with Gasteiger partial charge in [-0.15, -0.1) is 0 Å². The van der Waals surface area contributed by atoms with Crippen molar-refractivity contribution in [2.24, 2.45) is 0 Å². The molecule has 0 saturated heterocycles. The second kappa shape index (κ2) is 4.04. The Kier molecular flexibility index (Phi) is 2.80. The fourth-order valence-electron chi connectivity index (χ4n) is 1.97. The smallest absolute Gasteiger partial charge is 0.374 e. The lowest BCUT2D eigenvalue weighted by Gasteiger charge is -2.13. The number of amides is 1. The molecule has 1 aromatic rings. The molecule has 1 heterocycles. The highest BCUT2D eigenvalue weighted by molar-refractivity contribution is 6.00. The van der Waals surface area contributed by atoms with Gasteiger partial charge in [-0.2, -0.15) is 8.78 Å². The van der Waals surface area contributed by atoms with Gasteiger partial charge >= 0.3 is 11.9 Å². The topological polar surface area (TPSA) is 57.6 Å². The van der Waals surface area contributed by atoms with Crippen LogP contribution in [-0.4, -0.2) is 30.0 Å². The molecule has 18 heavy (non-hydrogen) atoms. The van der Waals surface area contributed by atoms with Crippen LogP contribution in [-0.2, 0) is 22.4 Å². The number of likely N-dealkylation sites (N-methyl/N-ethyl adjacent to an activating group) is 1. The largest absolute Gasteiger partial charge is 0.477 e. The van der Waals surface area contributed by atoms with Gasteiger partial charge in [-0.05, 0) is 17.2 Å². The van der Waals surface area contributed by atoms with Gasteiger partial charge in [0.1, 0.15) is 0 Å². The maximum absolute atomic E-state index is 13.1. The third-order valence-corrected chi connectivity index (χ3v) is 2.96. The number of fused-ring (bicyclic) bond motifs is 1. The number of rotatable bonds is 3. The fraction of sp³-hybridized carbons (Fsp3) is 0.333. The number of hydrogen-bond donors (Lipinski definition) is 1. The zero-order chi connectivity index (χ0) is 13.5. The molecule has 4 nitrogen and oxygen atoms in total. The monoisotopic (exact) mass is 255 g/mol. The van der Waals surface area contributed by atoms with Crippen LogP contribution in [0.25, 0.3) is 0 Å². The molecule has 96 valence electrons. The van der Waals surface area contributed by atoms with Crippen molar-refractivity contribution in [2.75, 3.05) is 11.9 Å². The molecule has 0 spiro atoms. The van der Waals surface area contributed by atoms with E-state index in [1.807, 2.05) is 0 Å². The highest BCUT2D eigenvalue weighted by Crippen LogP contribution is 2.30. The molecular formula is C12H11F2NO3. The molecule has 0 radical (unpaired) electrons. The van der Waals surface area contributed by atoms with Crippen molar-refractivity contribution >= 4 is 17.6 Å². The summed E-state index contributed by atoms with van der Waals surface area (Å²) < 4.78 is 26.1. The normalized spacial score (nSPS) is 14.8. The van der Waals surface area contributed by atoms with Crippen molar-refractivity contribution in [2.45, 2.75) is 18.8 Å². The number of halogens is 2. The Morgan fingerprint density at radius 3 is 2.78 bits per heavy atom. The summed E-state index contributed by atoms with van der Waals surface area (Å²) >= 11 is 0. The summed E-state index contributed by atoms with van der Waals surface area (Å²) in [6.07, 6.45) is -0.703. The molecule has 0 aliphatic carbocycles. The number of carboxylic acid groups (broad SMARTS) is 1. The Hall–Kier alpha value is -1.98. The van der Waals surface area contributed by atoms with E-state index >= 15 is 0 Å². The molecule has 1 aliphatic heterocycles. The summed E-state index contributed by atoms with van der Waals surface area (Å²) in [5.74, 6) is -6.04. The quantitative estimate of drug-likeness (QED) is 0.889. The Morgan fingerprint density at radius 1 is 1.50 bits per heavy atom. The van der Waals surface area contributed by atoms with Gasteiger partial charge in [-0.3, -0.25) is 4.79 Å². The molecule has 1 N–H and O–H groups in total. The lowest BCUT2D eigenvalue weighted by Crippen LogP contribution is -2.30. The van der Waals surface area contributed by atoms with E-state index in [0.29, 0.717) is 11.3 Å². The number of carbonyl (C=O) groups is 2.